The SMILES string of the molecule is COc1cc(C(=O)NCCCCN2CCC(C(N)=O)CC2)cc(OC)c1Br. The fraction of sp³-hybridized carbons (Fsp3) is 0.579. The first-order valence-corrected chi connectivity index (χ1v) is 9.97. The molecule has 0 aromatic heterocycles. The van der Waals surface area contributed by atoms with E-state index >= 15 is 0 Å². The number of halogens is 1. The van der Waals surface area contributed by atoms with Gasteiger partial charge in [-0.15, -0.1) is 0 Å². The summed E-state index contributed by atoms with van der Waals surface area (Å²) in [6, 6.07) is 3.37. The van der Waals surface area contributed by atoms with E-state index in [1.54, 1.807) is 26.4 Å². The van der Waals surface area contributed by atoms with E-state index in [1.165, 1.54) is 0 Å². The Kier molecular flexibility index (Phi) is 8.37. The maximum Gasteiger partial charge on any atom is 0.251 e. The molecular formula is C19H28BrN3O4. The summed E-state index contributed by atoms with van der Waals surface area (Å²) in [6.45, 7) is 3.41. The molecule has 1 aromatic carbocycles. The number of hydrogen-bond donors (Lipinski definition) is 2. The van der Waals surface area contributed by atoms with Crippen LogP contribution in [0.4, 0.5) is 0 Å². The Labute approximate surface area is 168 Å². The van der Waals surface area contributed by atoms with E-state index in [0.29, 0.717) is 28.1 Å². The van der Waals surface area contributed by atoms with Crippen LogP contribution in [-0.4, -0.2) is 57.1 Å². The van der Waals surface area contributed by atoms with Crippen LogP contribution < -0.4 is 20.5 Å². The van der Waals surface area contributed by atoms with Gasteiger partial charge in [0.05, 0.1) is 14.2 Å². The Hall–Kier alpha value is -1.80. The fourth-order valence-corrected chi connectivity index (χ4v) is 3.76. The number of primary amides is 1. The van der Waals surface area contributed by atoms with Gasteiger partial charge in [-0.3, -0.25) is 9.59 Å². The van der Waals surface area contributed by atoms with Crippen molar-refractivity contribution in [1.29, 1.82) is 0 Å². The second-order valence-corrected chi connectivity index (χ2v) is 7.47. The highest BCUT2D eigenvalue weighted by Gasteiger charge is 2.22. The zero-order chi connectivity index (χ0) is 19.8. The van der Waals surface area contributed by atoms with Crippen LogP contribution in [0.5, 0.6) is 11.5 Å². The summed E-state index contributed by atoms with van der Waals surface area (Å²) in [5, 5.41) is 2.94. The van der Waals surface area contributed by atoms with Gasteiger partial charge in [0, 0.05) is 18.0 Å². The van der Waals surface area contributed by atoms with Crippen molar-refractivity contribution in [2.24, 2.45) is 11.7 Å². The van der Waals surface area contributed by atoms with Gasteiger partial charge < -0.3 is 25.4 Å². The van der Waals surface area contributed by atoms with Crippen LogP contribution in [0.25, 0.3) is 0 Å². The first kappa shape index (κ1) is 21.5. The summed E-state index contributed by atoms with van der Waals surface area (Å²) in [6.07, 6.45) is 3.58. The highest BCUT2D eigenvalue weighted by molar-refractivity contribution is 9.10. The quantitative estimate of drug-likeness (QED) is 0.572. The molecule has 1 saturated heterocycles. The molecule has 0 bridgehead atoms. The molecule has 7 nitrogen and oxygen atoms in total. The third-order valence-electron chi connectivity index (χ3n) is 4.88. The highest BCUT2D eigenvalue weighted by atomic mass is 79.9. The Bertz CT molecular complexity index is 635. The number of piperidine rings is 1. The van der Waals surface area contributed by atoms with Gasteiger partial charge >= 0.3 is 0 Å². The predicted octanol–water partition coefficient (Wildman–Crippen LogP) is 2.17. The number of carbonyl (C=O) groups is 2. The van der Waals surface area contributed by atoms with Crippen molar-refractivity contribution in [2.45, 2.75) is 25.7 Å². The molecule has 1 aliphatic heterocycles. The number of nitrogens with zero attached hydrogens (tertiary/aromatic N) is 1. The molecular weight excluding hydrogens is 414 g/mol. The molecule has 0 radical (unpaired) electrons. The number of rotatable bonds is 9. The number of hydrogen-bond acceptors (Lipinski definition) is 5. The van der Waals surface area contributed by atoms with E-state index in [0.717, 1.165) is 45.3 Å². The molecule has 27 heavy (non-hydrogen) atoms. The Morgan fingerprint density at radius 1 is 1.19 bits per heavy atom. The largest absolute Gasteiger partial charge is 0.495 e. The molecule has 0 atom stereocenters. The summed E-state index contributed by atoms with van der Waals surface area (Å²) in [5.74, 6) is 0.804. The minimum atomic E-state index is -0.182. The van der Waals surface area contributed by atoms with Gasteiger partial charge in [-0.2, -0.15) is 0 Å². The Morgan fingerprint density at radius 2 is 1.78 bits per heavy atom. The number of unbranched alkanes of at least 4 members (excludes halogenated alkanes) is 1. The van der Waals surface area contributed by atoms with E-state index in [4.69, 9.17) is 15.2 Å². The van der Waals surface area contributed by atoms with Crippen molar-refractivity contribution in [3.8, 4) is 11.5 Å². The molecule has 1 heterocycles. The van der Waals surface area contributed by atoms with Crippen molar-refractivity contribution in [2.75, 3.05) is 40.4 Å². The topological polar surface area (TPSA) is 93.9 Å². The summed E-state index contributed by atoms with van der Waals surface area (Å²) < 4.78 is 11.2. The Balaban J connectivity index is 1.72. The van der Waals surface area contributed by atoms with Gasteiger partial charge in [0.25, 0.3) is 5.91 Å². The Morgan fingerprint density at radius 3 is 2.30 bits per heavy atom. The third kappa shape index (κ3) is 6.10. The maximum absolute atomic E-state index is 12.4. The highest BCUT2D eigenvalue weighted by Crippen LogP contribution is 2.35. The normalized spacial score (nSPS) is 15.4. The zero-order valence-corrected chi connectivity index (χ0v) is 17.5. The van der Waals surface area contributed by atoms with Crippen molar-refractivity contribution in [1.82, 2.24) is 10.2 Å². The molecule has 0 spiro atoms. The van der Waals surface area contributed by atoms with Gasteiger partial charge in [0.15, 0.2) is 0 Å². The average Bonchev–Trinajstić information content (AvgIpc) is 2.68. The van der Waals surface area contributed by atoms with Gasteiger partial charge in [0.1, 0.15) is 16.0 Å². The number of ether oxygens (including phenoxy) is 2. The molecule has 2 amide bonds. The van der Waals surface area contributed by atoms with Crippen LogP contribution in [-0.2, 0) is 4.79 Å². The molecule has 0 saturated carbocycles. The average molecular weight is 442 g/mol. The van der Waals surface area contributed by atoms with E-state index in [-0.39, 0.29) is 17.7 Å². The minimum Gasteiger partial charge on any atom is -0.495 e. The molecule has 0 unspecified atom stereocenters. The molecule has 3 N–H and O–H groups in total. The number of benzene rings is 1. The number of likely N-dealkylation sites (tertiary alicyclic amines) is 1. The lowest BCUT2D eigenvalue weighted by molar-refractivity contribution is -0.123. The standard InChI is InChI=1S/C19H28BrN3O4/c1-26-15-11-14(12-16(27-2)17(15)20)19(25)22-7-3-4-8-23-9-5-13(6-10-23)18(21)24/h11-13H,3-10H2,1-2H3,(H2,21,24)(H,22,25). The van der Waals surface area contributed by atoms with Gasteiger partial charge in [-0.1, -0.05) is 0 Å². The van der Waals surface area contributed by atoms with Crippen LogP contribution in [0.15, 0.2) is 16.6 Å². The number of nitrogens with one attached hydrogen (secondary N) is 1. The monoisotopic (exact) mass is 441 g/mol. The van der Waals surface area contributed by atoms with Crippen LogP contribution in [0.3, 0.4) is 0 Å². The molecule has 1 aliphatic rings. The number of amides is 2. The lowest BCUT2D eigenvalue weighted by Gasteiger charge is -2.30. The van der Waals surface area contributed by atoms with E-state index in [9.17, 15) is 9.59 Å². The summed E-state index contributed by atoms with van der Waals surface area (Å²) >= 11 is 3.40. The predicted molar refractivity (Wildman–Crippen MR) is 107 cm³/mol. The van der Waals surface area contributed by atoms with Crippen molar-refractivity contribution >= 4 is 27.7 Å². The lowest BCUT2D eigenvalue weighted by Crippen LogP contribution is -2.39. The van der Waals surface area contributed by atoms with Gasteiger partial charge in [-0.25, -0.2) is 0 Å². The third-order valence-corrected chi connectivity index (χ3v) is 5.67. The van der Waals surface area contributed by atoms with Crippen molar-refractivity contribution in [3.05, 3.63) is 22.2 Å². The summed E-state index contributed by atoms with van der Waals surface area (Å²) in [7, 11) is 3.10. The van der Waals surface area contributed by atoms with Gasteiger partial charge in [0.2, 0.25) is 5.91 Å². The number of carbonyl (C=O) groups excluding carboxylic acids is 2. The van der Waals surface area contributed by atoms with Crippen LogP contribution in [0.1, 0.15) is 36.0 Å². The molecule has 2 rings (SSSR count). The smallest absolute Gasteiger partial charge is 0.251 e. The van der Waals surface area contributed by atoms with Crippen LogP contribution >= 0.6 is 15.9 Å². The molecule has 150 valence electrons. The molecule has 1 fully saturated rings. The van der Waals surface area contributed by atoms with Crippen LogP contribution in [0.2, 0.25) is 0 Å². The lowest BCUT2D eigenvalue weighted by atomic mass is 9.96. The maximum atomic E-state index is 12.4. The molecule has 0 aliphatic carbocycles. The summed E-state index contributed by atoms with van der Waals surface area (Å²) in [5.41, 5.74) is 5.86. The first-order valence-electron chi connectivity index (χ1n) is 9.17. The molecule has 1 aromatic rings. The second kappa shape index (κ2) is 10.5. The van der Waals surface area contributed by atoms with Crippen LogP contribution in [0, 0.1) is 5.92 Å². The van der Waals surface area contributed by atoms with Gasteiger partial charge in [-0.05, 0) is 73.4 Å². The number of nitrogens with two attached hydrogens (primary N) is 1. The molecule has 8 heteroatoms. The minimum absolute atomic E-state index is 0.0282. The van der Waals surface area contributed by atoms with Crippen molar-refractivity contribution in [3.63, 3.8) is 0 Å². The zero-order valence-electron chi connectivity index (χ0n) is 15.9. The fourth-order valence-electron chi connectivity index (χ4n) is 3.21. The van der Waals surface area contributed by atoms with E-state index < -0.39 is 0 Å². The van der Waals surface area contributed by atoms with E-state index in [1.807, 2.05) is 0 Å². The van der Waals surface area contributed by atoms with E-state index in [2.05, 4.69) is 26.1 Å². The second-order valence-electron chi connectivity index (χ2n) is 6.68. The van der Waals surface area contributed by atoms with Crippen molar-refractivity contribution < 1.29 is 19.1 Å². The first-order chi connectivity index (χ1) is 13.0. The summed E-state index contributed by atoms with van der Waals surface area (Å²) in [4.78, 5) is 25.9. The number of methoxy groups -OCH3 is 2.